The third-order valence-electron chi connectivity index (χ3n) is 5.33. The van der Waals surface area contributed by atoms with Crippen LogP contribution < -0.4 is 10.2 Å². The lowest BCUT2D eigenvalue weighted by Crippen LogP contribution is -2.37. The monoisotopic (exact) mass is 407 g/mol. The van der Waals surface area contributed by atoms with Crippen LogP contribution in [0.5, 0.6) is 0 Å². The summed E-state index contributed by atoms with van der Waals surface area (Å²) in [5.41, 5.74) is 4.02. The number of carbonyl (C=O) groups is 2. The maximum absolute atomic E-state index is 12.7. The Hall–Kier alpha value is -2.73. The first-order valence-electron chi connectivity index (χ1n) is 9.91. The fourth-order valence-corrected chi connectivity index (χ4v) is 4.50. The second-order valence-corrected chi connectivity index (χ2v) is 8.54. The summed E-state index contributed by atoms with van der Waals surface area (Å²) in [5.74, 6) is 1.90. The van der Waals surface area contributed by atoms with E-state index in [9.17, 15) is 9.59 Å². The lowest BCUT2D eigenvalue weighted by atomic mass is 10.1. The highest BCUT2D eigenvalue weighted by Gasteiger charge is 2.19. The first-order valence-corrected chi connectivity index (χ1v) is 11.1. The summed E-state index contributed by atoms with van der Waals surface area (Å²) >= 11 is 1.88. The van der Waals surface area contributed by atoms with Gasteiger partial charge in [0.25, 0.3) is 11.8 Å². The Labute approximate surface area is 175 Å². The van der Waals surface area contributed by atoms with Gasteiger partial charge in [0.15, 0.2) is 0 Å². The molecule has 0 unspecified atom stereocenters. The van der Waals surface area contributed by atoms with E-state index in [1.54, 1.807) is 6.07 Å². The average molecular weight is 408 g/mol. The topological polar surface area (TPSA) is 52.7 Å². The predicted octanol–water partition coefficient (Wildman–Crippen LogP) is 3.81. The molecule has 2 aliphatic heterocycles. The molecule has 0 spiro atoms. The number of thioether (sulfide) groups is 1. The van der Waals surface area contributed by atoms with Crippen molar-refractivity contribution in [3.63, 3.8) is 0 Å². The minimum absolute atomic E-state index is 0.0678. The van der Waals surface area contributed by atoms with Crippen molar-refractivity contribution in [2.24, 2.45) is 0 Å². The second kappa shape index (κ2) is 8.74. The van der Waals surface area contributed by atoms with E-state index < -0.39 is 0 Å². The first-order chi connectivity index (χ1) is 14.1. The predicted molar refractivity (Wildman–Crippen MR) is 120 cm³/mol. The minimum atomic E-state index is -0.147. The molecule has 1 saturated heterocycles. The Bertz CT molecular complexity index is 926. The van der Waals surface area contributed by atoms with E-state index in [1.165, 1.54) is 0 Å². The number of anilines is 2. The van der Waals surface area contributed by atoms with Gasteiger partial charge in [-0.05, 0) is 55.0 Å². The number of aryl methyl sites for hydroxylation is 1. The highest BCUT2D eigenvalue weighted by Crippen LogP contribution is 2.22. The van der Waals surface area contributed by atoms with Crippen molar-refractivity contribution in [2.45, 2.75) is 6.92 Å². The highest BCUT2D eigenvalue weighted by molar-refractivity contribution is 7.99. The zero-order chi connectivity index (χ0) is 20.2. The summed E-state index contributed by atoms with van der Waals surface area (Å²) in [6, 6.07) is 13.2. The Morgan fingerprint density at radius 3 is 2.24 bits per heavy atom. The van der Waals surface area contributed by atoms with Crippen LogP contribution in [0.2, 0.25) is 0 Å². The average Bonchev–Trinajstić information content (AvgIpc) is 3.30. The van der Waals surface area contributed by atoms with Crippen molar-refractivity contribution in [3.8, 4) is 0 Å². The molecule has 0 atom stereocenters. The van der Waals surface area contributed by atoms with Gasteiger partial charge >= 0.3 is 0 Å². The fourth-order valence-electron chi connectivity index (χ4n) is 3.59. The SMILES string of the molecule is Cc1cc(C(=O)N2CCSCC2)ccc1NC(=O)c1ccc(N2CC=CC2)cc1. The quantitative estimate of drug-likeness (QED) is 0.783. The number of nitrogens with one attached hydrogen (secondary N) is 1. The summed E-state index contributed by atoms with van der Waals surface area (Å²) in [5, 5.41) is 2.97. The van der Waals surface area contributed by atoms with Gasteiger partial charge in [0.05, 0.1) is 0 Å². The number of amides is 2. The molecule has 2 amide bonds. The van der Waals surface area contributed by atoms with Crippen molar-refractivity contribution in [1.29, 1.82) is 0 Å². The van der Waals surface area contributed by atoms with Crippen molar-refractivity contribution < 1.29 is 9.59 Å². The standard InChI is InChI=1S/C23H25N3O2S/c1-17-16-19(23(28)26-12-14-29-15-13-26)6-9-21(17)24-22(27)18-4-7-20(8-5-18)25-10-2-3-11-25/h2-9,16H,10-15H2,1H3,(H,24,27). The van der Waals surface area contributed by atoms with Gasteiger partial charge in [0.2, 0.25) is 0 Å². The molecule has 5 nitrogen and oxygen atoms in total. The molecule has 29 heavy (non-hydrogen) atoms. The third kappa shape index (κ3) is 4.48. The largest absolute Gasteiger partial charge is 0.364 e. The molecule has 2 aliphatic rings. The van der Waals surface area contributed by atoms with Crippen LogP contribution in [-0.4, -0.2) is 54.4 Å². The zero-order valence-electron chi connectivity index (χ0n) is 16.6. The molecule has 1 fully saturated rings. The molecule has 0 radical (unpaired) electrons. The molecule has 6 heteroatoms. The molecule has 0 bridgehead atoms. The Kier molecular flexibility index (Phi) is 5.90. The lowest BCUT2D eigenvalue weighted by molar-refractivity contribution is 0.0772. The molecular weight excluding hydrogens is 382 g/mol. The van der Waals surface area contributed by atoms with E-state index in [-0.39, 0.29) is 11.8 Å². The van der Waals surface area contributed by atoms with Gasteiger partial charge in [-0.3, -0.25) is 9.59 Å². The molecule has 2 heterocycles. The minimum Gasteiger partial charge on any atom is -0.364 e. The number of hydrogen-bond acceptors (Lipinski definition) is 4. The number of hydrogen-bond donors (Lipinski definition) is 1. The van der Waals surface area contributed by atoms with E-state index in [1.807, 2.05) is 60.0 Å². The van der Waals surface area contributed by atoms with Crippen LogP contribution in [0.25, 0.3) is 0 Å². The smallest absolute Gasteiger partial charge is 0.255 e. The number of benzene rings is 2. The van der Waals surface area contributed by atoms with Gasteiger partial charge in [-0.1, -0.05) is 12.2 Å². The molecule has 4 rings (SSSR count). The summed E-state index contributed by atoms with van der Waals surface area (Å²) < 4.78 is 0. The maximum Gasteiger partial charge on any atom is 0.255 e. The molecule has 2 aromatic carbocycles. The Balaban J connectivity index is 1.42. The Morgan fingerprint density at radius 2 is 1.59 bits per heavy atom. The van der Waals surface area contributed by atoms with E-state index >= 15 is 0 Å². The normalized spacial score (nSPS) is 16.2. The van der Waals surface area contributed by atoms with Gasteiger partial charge in [0.1, 0.15) is 0 Å². The van der Waals surface area contributed by atoms with Gasteiger partial charge in [-0.25, -0.2) is 0 Å². The molecule has 0 aliphatic carbocycles. The van der Waals surface area contributed by atoms with Crippen LogP contribution in [0.3, 0.4) is 0 Å². The van der Waals surface area contributed by atoms with Gasteiger partial charge < -0.3 is 15.1 Å². The van der Waals surface area contributed by atoms with Crippen molar-refractivity contribution >= 4 is 35.0 Å². The van der Waals surface area contributed by atoms with Gasteiger partial charge in [-0.15, -0.1) is 0 Å². The van der Waals surface area contributed by atoms with E-state index in [0.29, 0.717) is 11.1 Å². The van der Waals surface area contributed by atoms with Gasteiger partial charge in [-0.2, -0.15) is 11.8 Å². The van der Waals surface area contributed by atoms with Crippen molar-refractivity contribution in [1.82, 2.24) is 4.90 Å². The lowest BCUT2D eigenvalue weighted by Gasteiger charge is -2.26. The molecule has 150 valence electrons. The van der Waals surface area contributed by atoms with Crippen LogP contribution in [0.1, 0.15) is 26.3 Å². The second-order valence-electron chi connectivity index (χ2n) is 7.31. The molecule has 0 saturated carbocycles. The summed E-state index contributed by atoms with van der Waals surface area (Å²) in [7, 11) is 0. The van der Waals surface area contributed by atoms with Gasteiger partial charge in [0, 0.05) is 60.2 Å². The van der Waals surface area contributed by atoms with Crippen LogP contribution in [0.4, 0.5) is 11.4 Å². The van der Waals surface area contributed by atoms with Crippen LogP contribution in [-0.2, 0) is 0 Å². The van der Waals surface area contributed by atoms with Crippen LogP contribution in [0.15, 0.2) is 54.6 Å². The zero-order valence-corrected chi connectivity index (χ0v) is 17.4. The first kappa shape index (κ1) is 19.6. The van der Waals surface area contributed by atoms with Crippen molar-refractivity contribution in [3.05, 3.63) is 71.3 Å². The number of rotatable bonds is 4. The van der Waals surface area contributed by atoms with Crippen LogP contribution in [0, 0.1) is 6.92 Å². The van der Waals surface area contributed by atoms with E-state index in [2.05, 4.69) is 22.4 Å². The molecule has 1 N–H and O–H groups in total. The Morgan fingerprint density at radius 1 is 0.931 bits per heavy atom. The summed E-state index contributed by atoms with van der Waals surface area (Å²) in [4.78, 5) is 29.5. The summed E-state index contributed by atoms with van der Waals surface area (Å²) in [6.45, 7) is 5.33. The van der Waals surface area contributed by atoms with E-state index in [4.69, 9.17) is 0 Å². The van der Waals surface area contributed by atoms with Crippen molar-refractivity contribution in [2.75, 3.05) is 47.9 Å². The van der Waals surface area contributed by atoms with E-state index in [0.717, 1.165) is 54.6 Å². The molecule has 2 aromatic rings. The van der Waals surface area contributed by atoms with Crippen LogP contribution >= 0.6 is 11.8 Å². The number of carbonyl (C=O) groups excluding carboxylic acids is 2. The number of nitrogens with zero attached hydrogens (tertiary/aromatic N) is 2. The molecule has 0 aromatic heterocycles. The molecular formula is C23H25N3O2S. The summed E-state index contributed by atoms with van der Waals surface area (Å²) in [6.07, 6.45) is 4.28. The fraction of sp³-hybridized carbons (Fsp3) is 0.304. The third-order valence-corrected chi connectivity index (χ3v) is 6.28. The maximum atomic E-state index is 12.7. The highest BCUT2D eigenvalue weighted by atomic mass is 32.2.